The summed E-state index contributed by atoms with van der Waals surface area (Å²) in [5.41, 5.74) is 4.95. The lowest BCUT2D eigenvalue weighted by Crippen LogP contribution is -2.41. The Morgan fingerprint density at radius 3 is 2.06 bits per heavy atom. The number of rotatable bonds is 9. The minimum absolute atomic E-state index is 0.00619. The molecule has 0 aliphatic carbocycles. The van der Waals surface area contributed by atoms with Crippen LogP contribution in [0.2, 0.25) is 0 Å². The molecule has 2 amide bonds. The summed E-state index contributed by atoms with van der Waals surface area (Å²) in [6.45, 7) is 6.31. The molecule has 2 aromatic carbocycles. The van der Waals surface area contributed by atoms with E-state index in [0.29, 0.717) is 31.2 Å². The fraction of sp³-hybridized carbons (Fsp3) is 0.333. The number of sulfonamides is 1. The van der Waals surface area contributed by atoms with Crippen molar-refractivity contribution in [2.45, 2.75) is 25.7 Å². The standard InChI is InChI=1S/C21H27N3O6S/c1-5-24(6-2)31(27,28)17-10-8-9-15(13-17)20(25)22-23-21(26)16-11-12-18(29-4)19(14-16)30-7-3/h8-14H,5-7H2,1-4H3,(H,22,25)(H,23,26). The van der Waals surface area contributed by atoms with Crippen molar-refractivity contribution in [3.8, 4) is 11.5 Å². The minimum Gasteiger partial charge on any atom is -0.493 e. The van der Waals surface area contributed by atoms with Crippen LogP contribution in [0.25, 0.3) is 0 Å². The van der Waals surface area contributed by atoms with Crippen molar-refractivity contribution in [2.24, 2.45) is 0 Å². The second-order valence-electron chi connectivity index (χ2n) is 6.32. The van der Waals surface area contributed by atoms with Crippen LogP contribution in [-0.4, -0.2) is 51.3 Å². The molecule has 2 aromatic rings. The molecular formula is C21H27N3O6S. The lowest BCUT2D eigenvalue weighted by atomic mass is 10.2. The molecule has 9 nitrogen and oxygen atoms in total. The van der Waals surface area contributed by atoms with Gasteiger partial charge in [0.15, 0.2) is 11.5 Å². The second kappa shape index (κ2) is 10.8. The molecule has 0 saturated carbocycles. The predicted molar refractivity (Wildman–Crippen MR) is 116 cm³/mol. The number of nitrogens with zero attached hydrogens (tertiary/aromatic N) is 1. The molecule has 0 aliphatic rings. The van der Waals surface area contributed by atoms with Gasteiger partial charge < -0.3 is 9.47 Å². The molecule has 0 saturated heterocycles. The molecule has 0 spiro atoms. The van der Waals surface area contributed by atoms with Crippen molar-refractivity contribution in [3.05, 3.63) is 53.6 Å². The molecule has 0 aromatic heterocycles. The third-order valence-electron chi connectivity index (χ3n) is 4.45. The topological polar surface area (TPSA) is 114 Å². The summed E-state index contributed by atoms with van der Waals surface area (Å²) in [6, 6.07) is 10.3. The van der Waals surface area contributed by atoms with Crippen LogP contribution < -0.4 is 20.3 Å². The summed E-state index contributed by atoms with van der Waals surface area (Å²) in [7, 11) is -2.22. The summed E-state index contributed by atoms with van der Waals surface area (Å²) in [5.74, 6) is -0.334. The van der Waals surface area contributed by atoms with Crippen molar-refractivity contribution in [1.82, 2.24) is 15.2 Å². The van der Waals surface area contributed by atoms with Gasteiger partial charge in [-0.1, -0.05) is 19.9 Å². The molecule has 10 heteroatoms. The van der Waals surface area contributed by atoms with Crippen LogP contribution in [0.4, 0.5) is 0 Å². The van der Waals surface area contributed by atoms with Gasteiger partial charge in [0.25, 0.3) is 11.8 Å². The Kier molecular flexibility index (Phi) is 8.40. The van der Waals surface area contributed by atoms with Crippen molar-refractivity contribution < 1.29 is 27.5 Å². The Bertz CT molecular complexity index is 1040. The largest absolute Gasteiger partial charge is 0.493 e. The Balaban J connectivity index is 2.13. The van der Waals surface area contributed by atoms with Crippen LogP contribution >= 0.6 is 0 Å². The average molecular weight is 450 g/mol. The first-order chi connectivity index (χ1) is 14.8. The van der Waals surface area contributed by atoms with E-state index in [1.807, 2.05) is 0 Å². The van der Waals surface area contributed by atoms with Crippen LogP contribution in [0.1, 0.15) is 41.5 Å². The van der Waals surface area contributed by atoms with Gasteiger partial charge in [-0.15, -0.1) is 0 Å². The van der Waals surface area contributed by atoms with Gasteiger partial charge in [0.2, 0.25) is 10.0 Å². The highest BCUT2D eigenvalue weighted by Gasteiger charge is 2.22. The molecule has 31 heavy (non-hydrogen) atoms. The lowest BCUT2D eigenvalue weighted by Gasteiger charge is -2.18. The maximum absolute atomic E-state index is 12.7. The van der Waals surface area contributed by atoms with Crippen molar-refractivity contribution in [2.75, 3.05) is 26.8 Å². The highest BCUT2D eigenvalue weighted by atomic mass is 32.2. The van der Waals surface area contributed by atoms with Crippen LogP contribution in [0.5, 0.6) is 11.5 Å². The normalized spacial score (nSPS) is 11.1. The monoisotopic (exact) mass is 449 g/mol. The molecule has 0 fully saturated rings. The number of hydrogen-bond acceptors (Lipinski definition) is 6. The van der Waals surface area contributed by atoms with Gasteiger partial charge >= 0.3 is 0 Å². The Morgan fingerprint density at radius 1 is 0.903 bits per heavy atom. The number of benzene rings is 2. The zero-order valence-corrected chi connectivity index (χ0v) is 18.8. The summed E-state index contributed by atoms with van der Waals surface area (Å²) in [4.78, 5) is 24.9. The van der Waals surface area contributed by atoms with Gasteiger partial charge in [0.05, 0.1) is 18.6 Å². The van der Waals surface area contributed by atoms with Gasteiger partial charge in [-0.2, -0.15) is 4.31 Å². The quantitative estimate of drug-likeness (QED) is 0.568. The number of ether oxygens (including phenoxy) is 2. The molecule has 2 rings (SSSR count). The first kappa shape index (κ1) is 24.2. The molecule has 0 bridgehead atoms. The van der Waals surface area contributed by atoms with Gasteiger partial charge in [0.1, 0.15) is 0 Å². The summed E-state index contributed by atoms with van der Waals surface area (Å²) in [5, 5.41) is 0. The number of methoxy groups -OCH3 is 1. The van der Waals surface area contributed by atoms with Gasteiger partial charge in [-0.3, -0.25) is 20.4 Å². The smallest absolute Gasteiger partial charge is 0.269 e. The third kappa shape index (κ3) is 5.74. The minimum atomic E-state index is -3.71. The molecule has 168 valence electrons. The molecule has 0 aliphatic heterocycles. The third-order valence-corrected chi connectivity index (χ3v) is 6.50. The number of carbonyl (C=O) groups excluding carboxylic acids is 2. The van der Waals surface area contributed by atoms with E-state index in [1.54, 1.807) is 26.8 Å². The number of hydrazine groups is 1. The average Bonchev–Trinajstić information content (AvgIpc) is 2.78. The molecule has 0 unspecified atom stereocenters. The van der Waals surface area contributed by atoms with Crippen molar-refractivity contribution in [3.63, 3.8) is 0 Å². The van der Waals surface area contributed by atoms with E-state index in [1.165, 1.54) is 47.8 Å². The van der Waals surface area contributed by atoms with Gasteiger partial charge in [-0.25, -0.2) is 8.42 Å². The molecular weight excluding hydrogens is 422 g/mol. The van der Waals surface area contributed by atoms with E-state index < -0.39 is 21.8 Å². The van der Waals surface area contributed by atoms with Crippen LogP contribution in [0, 0.1) is 0 Å². The summed E-state index contributed by atoms with van der Waals surface area (Å²) < 4.78 is 37.2. The Hall–Kier alpha value is -3.11. The summed E-state index contributed by atoms with van der Waals surface area (Å²) in [6.07, 6.45) is 0. The molecule has 0 heterocycles. The lowest BCUT2D eigenvalue weighted by molar-refractivity contribution is 0.0846. The van der Waals surface area contributed by atoms with E-state index in [2.05, 4.69) is 10.9 Å². The van der Waals surface area contributed by atoms with Gasteiger partial charge in [-0.05, 0) is 43.3 Å². The van der Waals surface area contributed by atoms with E-state index in [4.69, 9.17) is 9.47 Å². The SMILES string of the molecule is CCOc1cc(C(=O)NNC(=O)c2cccc(S(=O)(=O)N(CC)CC)c2)ccc1OC. The van der Waals surface area contributed by atoms with Crippen molar-refractivity contribution in [1.29, 1.82) is 0 Å². The molecule has 0 radical (unpaired) electrons. The van der Waals surface area contributed by atoms with Crippen LogP contribution in [0.15, 0.2) is 47.4 Å². The molecule has 2 N–H and O–H groups in total. The number of hydrogen-bond donors (Lipinski definition) is 2. The zero-order valence-electron chi connectivity index (χ0n) is 18.0. The van der Waals surface area contributed by atoms with E-state index >= 15 is 0 Å². The maximum atomic E-state index is 12.7. The fourth-order valence-corrected chi connectivity index (χ4v) is 4.36. The first-order valence-corrected chi connectivity index (χ1v) is 11.2. The zero-order chi connectivity index (χ0) is 23.0. The van der Waals surface area contributed by atoms with E-state index in [-0.39, 0.29) is 16.0 Å². The Labute approximate surface area is 182 Å². The maximum Gasteiger partial charge on any atom is 0.269 e. The Morgan fingerprint density at radius 2 is 1.52 bits per heavy atom. The van der Waals surface area contributed by atoms with E-state index in [9.17, 15) is 18.0 Å². The fourth-order valence-electron chi connectivity index (χ4n) is 2.85. The second-order valence-corrected chi connectivity index (χ2v) is 8.26. The first-order valence-electron chi connectivity index (χ1n) is 9.80. The summed E-state index contributed by atoms with van der Waals surface area (Å²) >= 11 is 0. The number of carbonyl (C=O) groups is 2. The highest BCUT2D eigenvalue weighted by Crippen LogP contribution is 2.28. The van der Waals surface area contributed by atoms with Crippen LogP contribution in [0.3, 0.4) is 0 Å². The van der Waals surface area contributed by atoms with Crippen molar-refractivity contribution >= 4 is 21.8 Å². The number of nitrogens with one attached hydrogen (secondary N) is 2. The predicted octanol–water partition coefficient (Wildman–Crippen LogP) is 2.20. The number of amides is 2. The molecule has 0 atom stereocenters. The van der Waals surface area contributed by atoms with E-state index in [0.717, 1.165) is 0 Å². The van der Waals surface area contributed by atoms with Gasteiger partial charge in [0, 0.05) is 24.2 Å². The van der Waals surface area contributed by atoms with Crippen LogP contribution in [-0.2, 0) is 10.0 Å². The highest BCUT2D eigenvalue weighted by molar-refractivity contribution is 7.89.